The Morgan fingerprint density at radius 1 is 1.33 bits per heavy atom. The largest absolute Gasteiger partial charge is 0.573 e. The zero-order chi connectivity index (χ0) is 13.2. The lowest BCUT2D eigenvalue weighted by atomic mass is 9.85. The minimum Gasteiger partial charge on any atom is -0.405 e. The molecule has 0 saturated carbocycles. The monoisotopic (exact) mass is 259 g/mol. The molecule has 1 aromatic carbocycles. The number of alkyl halides is 3. The predicted molar refractivity (Wildman–Crippen MR) is 62.3 cm³/mol. The van der Waals surface area contributed by atoms with Crippen LogP contribution < -0.4 is 10.1 Å². The lowest BCUT2D eigenvalue weighted by Gasteiger charge is -2.30. The fourth-order valence-corrected chi connectivity index (χ4v) is 2.60. The first kappa shape index (κ1) is 13.2. The number of benzene rings is 1. The molecule has 1 aromatic rings. The van der Waals surface area contributed by atoms with Crippen molar-refractivity contribution in [1.29, 1.82) is 0 Å². The fraction of sp³-hybridized carbons (Fsp3) is 0.538. The summed E-state index contributed by atoms with van der Waals surface area (Å²) in [5.41, 5.74) is 0.212. The van der Waals surface area contributed by atoms with E-state index in [0.29, 0.717) is 5.56 Å². The van der Waals surface area contributed by atoms with E-state index in [1.165, 1.54) is 6.07 Å². The SMILES string of the molecule is CCC1(c2ccccc2OC(F)(F)F)CCCN1. The summed E-state index contributed by atoms with van der Waals surface area (Å²) in [6.07, 6.45) is -2.11. The normalized spacial score (nSPS) is 24.2. The molecule has 1 aliphatic heterocycles. The van der Waals surface area contributed by atoms with Gasteiger partial charge in [-0.2, -0.15) is 0 Å². The second kappa shape index (κ2) is 4.80. The van der Waals surface area contributed by atoms with Gasteiger partial charge in [-0.05, 0) is 31.9 Å². The van der Waals surface area contributed by atoms with Crippen LogP contribution in [0.5, 0.6) is 5.75 Å². The van der Waals surface area contributed by atoms with Crippen molar-refractivity contribution in [2.75, 3.05) is 6.54 Å². The zero-order valence-corrected chi connectivity index (χ0v) is 10.2. The lowest BCUT2D eigenvalue weighted by molar-refractivity contribution is -0.275. The maximum atomic E-state index is 12.4. The molecule has 18 heavy (non-hydrogen) atoms. The Morgan fingerprint density at radius 2 is 2.06 bits per heavy atom. The average Bonchev–Trinajstić information content (AvgIpc) is 2.77. The number of nitrogens with one attached hydrogen (secondary N) is 1. The number of hydrogen-bond donors (Lipinski definition) is 1. The Labute approximate surface area is 104 Å². The summed E-state index contributed by atoms with van der Waals surface area (Å²) in [5, 5.41) is 3.31. The predicted octanol–water partition coefficient (Wildman–Crippen LogP) is 3.57. The van der Waals surface area contributed by atoms with Crippen LogP contribution in [0.15, 0.2) is 24.3 Å². The first-order valence-electron chi connectivity index (χ1n) is 6.07. The highest BCUT2D eigenvalue weighted by Gasteiger charge is 2.39. The van der Waals surface area contributed by atoms with Crippen LogP contribution in [0.3, 0.4) is 0 Å². The highest BCUT2D eigenvalue weighted by molar-refractivity contribution is 5.40. The van der Waals surface area contributed by atoms with Crippen molar-refractivity contribution in [3.63, 3.8) is 0 Å². The summed E-state index contributed by atoms with van der Waals surface area (Å²) in [7, 11) is 0. The molecule has 100 valence electrons. The van der Waals surface area contributed by atoms with Crippen LogP contribution in [0.1, 0.15) is 31.7 Å². The Balaban J connectivity index is 2.37. The molecule has 1 N–H and O–H groups in total. The Bertz CT molecular complexity index is 411. The van der Waals surface area contributed by atoms with E-state index in [9.17, 15) is 13.2 Å². The molecule has 1 aliphatic rings. The maximum Gasteiger partial charge on any atom is 0.573 e. The standard InChI is InChI=1S/C13H16F3NO/c1-2-12(8-5-9-17-12)10-6-3-4-7-11(10)18-13(14,15)16/h3-4,6-7,17H,2,5,8-9H2,1H3. The second-order valence-electron chi connectivity index (χ2n) is 4.51. The van der Waals surface area contributed by atoms with E-state index < -0.39 is 6.36 Å². The maximum absolute atomic E-state index is 12.4. The zero-order valence-electron chi connectivity index (χ0n) is 10.2. The van der Waals surface area contributed by atoms with E-state index in [0.717, 1.165) is 25.8 Å². The molecule has 0 aliphatic carbocycles. The molecule has 2 nitrogen and oxygen atoms in total. The number of hydrogen-bond acceptors (Lipinski definition) is 2. The minimum absolute atomic E-state index is 0.0961. The summed E-state index contributed by atoms with van der Waals surface area (Å²) in [4.78, 5) is 0. The van der Waals surface area contributed by atoms with Crippen LogP contribution in [-0.2, 0) is 5.54 Å². The van der Waals surface area contributed by atoms with E-state index in [4.69, 9.17) is 0 Å². The van der Waals surface area contributed by atoms with Gasteiger partial charge in [-0.25, -0.2) is 0 Å². The van der Waals surface area contributed by atoms with E-state index in [2.05, 4.69) is 10.1 Å². The van der Waals surface area contributed by atoms with Gasteiger partial charge in [-0.3, -0.25) is 0 Å². The molecular weight excluding hydrogens is 243 g/mol. The first-order chi connectivity index (χ1) is 8.47. The lowest BCUT2D eigenvalue weighted by Crippen LogP contribution is -2.37. The van der Waals surface area contributed by atoms with Crippen LogP contribution in [0.25, 0.3) is 0 Å². The molecule has 0 radical (unpaired) electrons. The molecule has 1 atom stereocenters. The molecule has 0 bridgehead atoms. The van der Waals surface area contributed by atoms with Crippen molar-refractivity contribution in [2.24, 2.45) is 0 Å². The highest BCUT2D eigenvalue weighted by Crippen LogP contribution is 2.40. The van der Waals surface area contributed by atoms with Gasteiger partial charge in [0, 0.05) is 11.1 Å². The topological polar surface area (TPSA) is 21.3 Å². The van der Waals surface area contributed by atoms with Crippen LogP contribution in [0.2, 0.25) is 0 Å². The van der Waals surface area contributed by atoms with Crippen molar-refractivity contribution in [2.45, 2.75) is 38.1 Å². The molecular formula is C13H16F3NO. The van der Waals surface area contributed by atoms with Crippen molar-refractivity contribution >= 4 is 0 Å². The van der Waals surface area contributed by atoms with Crippen LogP contribution in [-0.4, -0.2) is 12.9 Å². The van der Waals surface area contributed by atoms with E-state index in [-0.39, 0.29) is 11.3 Å². The van der Waals surface area contributed by atoms with Crippen LogP contribution >= 0.6 is 0 Å². The number of halogens is 3. The summed E-state index contributed by atoms with van der Waals surface area (Å²) in [5.74, 6) is -0.0961. The fourth-order valence-electron chi connectivity index (χ4n) is 2.60. The minimum atomic E-state index is -4.65. The smallest absolute Gasteiger partial charge is 0.405 e. The number of rotatable bonds is 3. The van der Waals surface area contributed by atoms with Crippen LogP contribution in [0, 0.1) is 0 Å². The van der Waals surface area contributed by atoms with Gasteiger partial charge in [0.15, 0.2) is 0 Å². The molecule has 1 fully saturated rings. The number of para-hydroxylation sites is 1. The summed E-state index contributed by atoms with van der Waals surface area (Å²) in [6, 6.07) is 6.39. The molecule has 5 heteroatoms. The van der Waals surface area contributed by atoms with E-state index >= 15 is 0 Å². The molecule has 2 rings (SSSR count). The second-order valence-corrected chi connectivity index (χ2v) is 4.51. The average molecular weight is 259 g/mol. The van der Waals surface area contributed by atoms with Gasteiger partial charge in [0.1, 0.15) is 5.75 Å². The molecule has 0 amide bonds. The van der Waals surface area contributed by atoms with Crippen molar-refractivity contribution in [3.05, 3.63) is 29.8 Å². The van der Waals surface area contributed by atoms with Crippen molar-refractivity contribution in [1.82, 2.24) is 5.32 Å². The van der Waals surface area contributed by atoms with Crippen LogP contribution in [0.4, 0.5) is 13.2 Å². The molecule has 1 unspecified atom stereocenters. The van der Waals surface area contributed by atoms with E-state index in [1.54, 1.807) is 18.2 Å². The van der Waals surface area contributed by atoms with Crippen molar-refractivity contribution in [3.8, 4) is 5.75 Å². The Hall–Kier alpha value is -1.23. The molecule has 1 heterocycles. The Morgan fingerprint density at radius 3 is 2.61 bits per heavy atom. The van der Waals surface area contributed by atoms with Gasteiger partial charge < -0.3 is 10.1 Å². The third-order valence-corrected chi connectivity index (χ3v) is 3.48. The van der Waals surface area contributed by atoms with Gasteiger partial charge in [0.2, 0.25) is 0 Å². The third-order valence-electron chi connectivity index (χ3n) is 3.48. The summed E-state index contributed by atoms with van der Waals surface area (Å²) >= 11 is 0. The van der Waals surface area contributed by atoms with Gasteiger partial charge in [-0.1, -0.05) is 25.1 Å². The third kappa shape index (κ3) is 2.61. The van der Waals surface area contributed by atoms with E-state index in [1.807, 2.05) is 6.92 Å². The quantitative estimate of drug-likeness (QED) is 0.896. The molecule has 1 saturated heterocycles. The summed E-state index contributed by atoms with van der Waals surface area (Å²) in [6.45, 7) is 2.80. The first-order valence-corrected chi connectivity index (χ1v) is 6.07. The van der Waals surface area contributed by atoms with Gasteiger partial charge in [0.05, 0.1) is 0 Å². The molecule has 0 aromatic heterocycles. The summed E-state index contributed by atoms with van der Waals surface area (Å²) < 4.78 is 41.3. The Kier molecular flexibility index (Phi) is 3.52. The molecule has 0 spiro atoms. The van der Waals surface area contributed by atoms with Gasteiger partial charge in [-0.15, -0.1) is 13.2 Å². The van der Waals surface area contributed by atoms with Gasteiger partial charge in [0.25, 0.3) is 0 Å². The van der Waals surface area contributed by atoms with Crippen molar-refractivity contribution < 1.29 is 17.9 Å². The van der Waals surface area contributed by atoms with Gasteiger partial charge >= 0.3 is 6.36 Å². The highest BCUT2D eigenvalue weighted by atomic mass is 19.4. The number of ether oxygens (including phenoxy) is 1.